The summed E-state index contributed by atoms with van der Waals surface area (Å²) in [5, 5.41) is 0.477. The molecule has 0 spiro atoms. The standard InChI is InChI=1S/C17H12N2O3/c20-14-8-16(22-15-6-2-1-5-12(14)15)17(21)19-9-11-4-3-7-18-13(11)10-19/h1-8H,9-10H2. The number of nitrogens with zero attached hydrogens (tertiary/aromatic N) is 2. The van der Waals surface area contributed by atoms with E-state index in [1.165, 1.54) is 6.07 Å². The van der Waals surface area contributed by atoms with Gasteiger partial charge in [-0.2, -0.15) is 0 Å². The maximum absolute atomic E-state index is 12.6. The van der Waals surface area contributed by atoms with Crippen LogP contribution in [-0.2, 0) is 13.1 Å². The van der Waals surface area contributed by atoms with Gasteiger partial charge in [-0.1, -0.05) is 18.2 Å². The first-order valence-corrected chi connectivity index (χ1v) is 6.97. The first kappa shape index (κ1) is 12.8. The summed E-state index contributed by atoms with van der Waals surface area (Å²) < 4.78 is 5.60. The second kappa shape index (κ2) is 4.80. The number of pyridine rings is 1. The topological polar surface area (TPSA) is 63.4 Å². The summed E-state index contributed by atoms with van der Waals surface area (Å²) in [5.74, 6) is -0.225. The summed E-state index contributed by atoms with van der Waals surface area (Å²) in [6.45, 7) is 0.921. The number of benzene rings is 1. The molecule has 3 aromatic rings. The molecule has 0 fully saturated rings. The minimum Gasteiger partial charge on any atom is -0.451 e. The van der Waals surface area contributed by atoms with Gasteiger partial charge < -0.3 is 9.32 Å². The molecule has 0 bridgehead atoms. The molecule has 4 rings (SSSR count). The van der Waals surface area contributed by atoms with Crippen LogP contribution in [0.25, 0.3) is 11.0 Å². The second-order valence-electron chi connectivity index (χ2n) is 5.24. The SMILES string of the molecule is O=C(c1cc(=O)c2ccccc2o1)N1Cc2cccnc2C1. The van der Waals surface area contributed by atoms with Crippen LogP contribution in [0.1, 0.15) is 21.8 Å². The summed E-state index contributed by atoms with van der Waals surface area (Å²) in [4.78, 5) is 30.6. The maximum atomic E-state index is 12.6. The highest BCUT2D eigenvalue weighted by Crippen LogP contribution is 2.22. The van der Waals surface area contributed by atoms with E-state index < -0.39 is 0 Å². The van der Waals surface area contributed by atoms with E-state index in [1.54, 1.807) is 35.4 Å². The van der Waals surface area contributed by atoms with Gasteiger partial charge in [-0.05, 0) is 23.8 Å². The molecule has 0 unspecified atom stereocenters. The van der Waals surface area contributed by atoms with Crippen LogP contribution in [0.2, 0.25) is 0 Å². The molecule has 0 saturated heterocycles. The van der Waals surface area contributed by atoms with E-state index >= 15 is 0 Å². The Kier molecular flexibility index (Phi) is 2.79. The van der Waals surface area contributed by atoms with Gasteiger partial charge in [0.05, 0.1) is 17.6 Å². The largest absolute Gasteiger partial charge is 0.451 e. The van der Waals surface area contributed by atoms with Gasteiger partial charge >= 0.3 is 0 Å². The molecule has 1 amide bonds. The number of hydrogen-bond acceptors (Lipinski definition) is 4. The van der Waals surface area contributed by atoms with Crippen LogP contribution < -0.4 is 5.43 Å². The zero-order chi connectivity index (χ0) is 15.1. The van der Waals surface area contributed by atoms with Gasteiger partial charge in [-0.3, -0.25) is 14.6 Å². The van der Waals surface area contributed by atoms with Crippen molar-refractivity contribution in [3.8, 4) is 0 Å². The molecule has 108 valence electrons. The molecule has 1 aliphatic heterocycles. The van der Waals surface area contributed by atoms with Gasteiger partial charge in [-0.25, -0.2) is 0 Å². The molecule has 5 heteroatoms. The van der Waals surface area contributed by atoms with Crippen molar-refractivity contribution in [3.05, 3.63) is 75.9 Å². The third kappa shape index (κ3) is 1.98. The zero-order valence-electron chi connectivity index (χ0n) is 11.7. The third-order valence-corrected chi connectivity index (χ3v) is 3.82. The Labute approximate surface area is 125 Å². The lowest BCUT2D eigenvalue weighted by atomic mass is 10.2. The van der Waals surface area contributed by atoms with Gasteiger partial charge in [0.1, 0.15) is 5.58 Å². The van der Waals surface area contributed by atoms with Crippen LogP contribution in [0.15, 0.2) is 57.9 Å². The molecule has 3 heterocycles. The Hall–Kier alpha value is -2.95. The predicted molar refractivity (Wildman–Crippen MR) is 80.3 cm³/mol. The monoisotopic (exact) mass is 292 g/mol. The van der Waals surface area contributed by atoms with Crippen LogP contribution in [0, 0.1) is 0 Å². The molecular weight excluding hydrogens is 280 g/mol. The number of amides is 1. The van der Waals surface area contributed by atoms with Crippen molar-refractivity contribution in [2.45, 2.75) is 13.1 Å². The van der Waals surface area contributed by atoms with Gasteiger partial charge in [-0.15, -0.1) is 0 Å². The highest BCUT2D eigenvalue weighted by molar-refractivity contribution is 5.93. The highest BCUT2D eigenvalue weighted by Gasteiger charge is 2.26. The number of para-hydroxylation sites is 1. The third-order valence-electron chi connectivity index (χ3n) is 3.82. The van der Waals surface area contributed by atoms with Crippen LogP contribution in [0.5, 0.6) is 0 Å². The predicted octanol–water partition coefficient (Wildman–Crippen LogP) is 2.34. The van der Waals surface area contributed by atoms with Crippen molar-refractivity contribution < 1.29 is 9.21 Å². The normalized spacial score (nSPS) is 13.4. The second-order valence-corrected chi connectivity index (χ2v) is 5.24. The van der Waals surface area contributed by atoms with Crippen molar-refractivity contribution >= 4 is 16.9 Å². The molecule has 5 nitrogen and oxygen atoms in total. The molecule has 2 aromatic heterocycles. The van der Waals surface area contributed by atoms with Gasteiger partial charge in [0.15, 0.2) is 11.2 Å². The Balaban J connectivity index is 1.71. The Morgan fingerprint density at radius 3 is 2.86 bits per heavy atom. The van der Waals surface area contributed by atoms with E-state index in [1.807, 2.05) is 12.1 Å². The minimum absolute atomic E-state index is 0.0662. The smallest absolute Gasteiger partial charge is 0.290 e. The first-order chi connectivity index (χ1) is 10.7. The van der Waals surface area contributed by atoms with Crippen molar-refractivity contribution in [3.63, 3.8) is 0 Å². The molecular formula is C17H12N2O3. The van der Waals surface area contributed by atoms with E-state index in [2.05, 4.69) is 4.98 Å². The lowest BCUT2D eigenvalue weighted by Crippen LogP contribution is -2.26. The minimum atomic E-state index is -0.291. The summed E-state index contributed by atoms with van der Waals surface area (Å²) in [7, 11) is 0. The summed E-state index contributed by atoms with van der Waals surface area (Å²) >= 11 is 0. The number of rotatable bonds is 1. The van der Waals surface area contributed by atoms with E-state index in [0.717, 1.165) is 11.3 Å². The Morgan fingerprint density at radius 2 is 2.00 bits per heavy atom. The van der Waals surface area contributed by atoms with Gasteiger partial charge in [0.25, 0.3) is 5.91 Å². The van der Waals surface area contributed by atoms with Crippen molar-refractivity contribution in [2.24, 2.45) is 0 Å². The molecule has 1 aliphatic rings. The van der Waals surface area contributed by atoms with Crippen molar-refractivity contribution in [1.29, 1.82) is 0 Å². The highest BCUT2D eigenvalue weighted by atomic mass is 16.3. The lowest BCUT2D eigenvalue weighted by Gasteiger charge is -2.14. The molecule has 0 atom stereocenters. The number of fused-ring (bicyclic) bond motifs is 2. The maximum Gasteiger partial charge on any atom is 0.290 e. The number of aromatic nitrogens is 1. The number of hydrogen-bond donors (Lipinski definition) is 0. The fourth-order valence-corrected chi connectivity index (χ4v) is 2.71. The van der Waals surface area contributed by atoms with E-state index in [9.17, 15) is 9.59 Å². The van der Waals surface area contributed by atoms with Crippen LogP contribution >= 0.6 is 0 Å². The lowest BCUT2D eigenvalue weighted by molar-refractivity contribution is 0.0719. The summed E-state index contributed by atoms with van der Waals surface area (Å²) in [5.41, 5.74) is 2.13. The molecule has 0 N–H and O–H groups in total. The molecule has 1 aromatic carbocycles. The Bertz CT molecular complexity index is 921. The fourth-order valence-electron chi connectivity index (χ4n) is 2.71. The van der Waals surface area contributed by atoms with E-state index in [4.69, 9.17) is 4.42 Å². The van der Waals surface area contributed by atoms with Crippen molar-refractivity contribution in [2.75, 3.05) is 0 Å². The Morgan fingerprint density at radius 1 is 1.14 bits per heavy atom. The van der Waals surface area contributed by atoms with Crippen LogP contribution in [0.4, 0.5) is 0 Å². The molecule has 22 heavy (non-hydrogen) atoms. The van der Waals surface area contributed by atoms with E-state index in [0.29, 0.717) is 24.1 Å². The fraction of sp³-hybridized carbons (Fsp3) is 0.118. The number of carbonyl (C=O) groups excluding carboxylic acids is 1. The van der Waals surface area contributed by atoms with Crippen LogP contribution in [-0.4, -0.2) is 15.8 Å². The average Bonchev–Trinajstić information content (AvgIpc) is 2.98. The zero-order valence-corrected chi connectivity index (χ0v) is 11.7. The van der Waals surface area contributed by atoms with Gasteiger partial charge in [0.2, 0.25) is 0 Å². The van der Waals surface area contributed by atoms with Crippen LogP contribution in [0.3, 0.4) is 0 Å². The van der Waals surface area contributed by atoms with Crippen molar-refractivity contribution in [1.82, 2.24) is 9.88 Å². The summed E-state index contributed by atoms with van der Waals surface area (Å²) in [6.07, 6.45) is 1.71. The summed E-state index contributed by atoms with van der Waals surface area (Å²) in [6, 6.07) is 12.0. The number of carbonyl (C=O) groups is 1. The van der Waals surface area contributed by atoms with E-state index in [-0.39, 0.29) is 17.1 Å². The molecule has 0 saturated carbocycles. The molecule has 0 aliphatic carbocycles. The average molecular weight is 292 g/mol. The quantitative estimate of drug-likeness (QED) is 0.690. The van der Waals surface area contributed by atoms with Gasteiger partial charge in [0, 0.05) is 18.8 Å². The molecule has 0 radical (unpaired) electrons. The first-order valence-electron chi connectivity index (χ1n) is 6.97.